The smallest absolute Gasteiger partial charge is 0.382 e. The molecule has 0 aliphatic rings. The lowest BCUT2D eigenvalue weighted by molar-refractivity contribution is -0.198. The van der Waals surface area contributed by atoms with Gasteiger partial charge < -0.3 is 10.4 Å². The van der Waals surface area contributed by atoms with Gasteiger partial charge in [-0.1, -0.05) is 12.1 Å². The molecule has 1 aromatic rings. The van der Waals surface area contributed by atoms with Crippen molar-refractivity contribution in [1.29, 1.82) is 0 Å². The second kappa shape index (κ2) is 5.45. The topological polar surface area (TPSA) is 32.3 Å². The third-order valence-corrected chi connectivity index (χ3v) is 2.77. The van der Waals surface area contributed by atoms with E-state index in [2.05, 4.69) is 5.32 Å². The maximum Gasteiger partial charge on any atom is 0.416 e. The highest BCUT2D eigenvalue weighted by molar-refractivity contribution is 7.98. The first-order valence-corrected chi connectivity index (χ1v) is 5.79. The molecule has 90 valence electrons. The van der Waals surface area contributed by atoms with Crippen LogP contribution in [0.15, 0.2) is 29.2 Å². The molecule has 16 heavy (non-hydrogen) atoms. The molecule has 0 spiro atoms. The number of alkyl halides is 3. The van der Waals surface area contributed by atoms with E-state index in [0.29, 0.717) is 5.69 Å². The standard InChI is InChI=1S/C10H12F3NOS/c1-16-8-5-3-2-4-7(8)14-6-9(15)10(11,12)13/h2-5,9,14-15H,6H2,1H3. The number of anilines is 1. The number of aliphatic hydroxyl groups is 1. The third kappa shape index (κ3) is 3.61. The van der Waals surface area contributed by atoms with Gasteiger partial charge in [0.2, 0.25) is 0 Å². The normalized spacial score (nSPS) is 13.6. The Morgan fingerprint density at radius 1 is 1.38 bits per heavy atom. The first-order valence-electron chi connectivity index (χ1n) is 4.57. The Labute approximate surface area is 95.9 Å². The second-order valence-electron chi connectivity index (χ2n) is 3.14. The molecule has 1 aromatic carbocycles. The van der Waals surface area contributed by atoms with E-state index in [0.717, 1.165) is 4.90 Å². The van der Waals surface area contributed by atoms with Crippen LogP contribution >= 0.6 is 11.8 Å². The van der Waals surface area contributed by atoms with E-state index in [9.17, 15) is 13.2 Å². The Hall–Kier alpha value is -0.880. The molecule has 0 amide bonds. The van der Waals surface area contributed by atoms with Crippen molar-refractivity contribution in [3.05, 3.63) is 24.3 Å². The van der Waals surface area contributed by atoms with Crippen LogP contribution in [0.4, 0.5) is 18.9 Å². The number of benzene rings is 1. The van der Waals surface area contributed by atoms with E-state index < -0.39 is 18.8 Å². The van der Waals surface area contributed by atoms with Crippen molar-refractivity contribution in [1.82, 2.24) is 0 Å². The fourth-order valence-corrected chi connectivity index (χ4v) is 1.69. The van der Waals surface area contributed by atoms with E-state index in [1.807, 2.05) is 6.26 Å². The predicted molar refractivity (Wildman–Crippen MR) is 58.8 cm³/mol. The summed E-state index contributed by atoms with van der Waals surface area (Å²) in [6.07, 6.45) is -5.09. The molecular weight excluding hydrogens is 239 g/mol. The summed E-state index contributed by atoms with van der Waals surface area (Å²) in [6.45, 7) is -0.541. The lowest BCUT2D eigenvalue weighted by Gasteiger charge is -2.16. The van der Waals surface area contributed by atoms with Gasteiger partial charge in [-0.15, -0.1) is 11.8 Å². The van der Waals surface area contributed by atoms with Gasteiger partial charge in [-0.3, -0.25) is 0 Å². The lowest BCUT2D eigenvalue weighted by Crippen LogP contribution is -2.35. The van der Waals surface area contributed by atoms with Gasteiger partial charge in [0.25, 0.3) is 0 Å². The van der Waals surface area contributed by atoms with Crippen LogP contribution < -0.4 is 5.32 Å². The van der Waals surface area contributed by atoms with Crippen LogP contribution in [0.3, 0.4) is 0 Å². The minimum atomic E-state index is -4.58. The van der Waals surface area contributed by atoms with Crippen molar-refractivity contribution in [2.75, 3.05) is 18.1 Å². The highest BCUT2D eigenvalue weighted by Crippen LogP contribution is 2.26. The van der Waals surface area contributed by atoms with Gasteiger partial charge in [0.15, 0.2) is 6.10 Å². The summed E-state index contributed by atoms with van der Waals surface area (Å²) in [5, 5.41) is 11.4. The van der Waals surface area contributed by atoms with Gasteiger partial charge in [0.05, 0.1) is 0 Å². The molecule has 0 aliphatic carbocycles. The summed E-state index contributed by atoms with van der Waals surface area (Å²) >= 11 is 1.43. The van der Waals surface area contributed by atoms with Crippen molar-refractivity contribution in [2.24, 2.45) is 0 Å². The van der Waals surface area contributed by atoms with Crippen molar-refractivity contribution in [3.8, 4) is 0 Å². The Morgan fingerprint density at radius 3 is 2.56 bits per heavy atom. The number of nitrogens with one attached hydrogen (secondary N) is 1. The van der Waals surface area contributed by atoms with Gasteiger partial charge in [-0.25, -0.2) is 0 Å². The highest BCUT2D eigenvalue weighted by Gasteiger charge is 2.37. The predicted octanol–water partition coefficient (Wildman–Crippen LogP) is 2.74. The van der Waals surface area contributed by atoms with Crippen molar-refractivity contribution in [3.63, 3.8) is 0 Å². The monoisotopic (exact) mass is 251 g/mol. The maximum absolute atomic E-state index is 12.0. The average Bonchev–Trinajstić information content (AvgIpc) is 2.24. The molecule has 0 radical (unpaired) electrons. The molecule has 0 aliphatic heterocycles. The van der Waals surface area contributed by atoms with Crippen molar-refractivity contribution < 1.29 is 18.3 Å². The van der Waals surface area contributed by atoms with Crippen LogP contribution in [0, 0.1) is 0 Å². The molecule has 0 bridgehead atoms. The molecule has 0 saturated heterocycles. The summed E-state index contributed by atoms with van der Waals surface area (Å²) < 4.78 is 36.1. The third-order valence-electron chi connectivity index (χ3n) is 1.97. The molecule has 0 fully saturated rings. The quantitative estimate of drug-likeness (QED) is 0.807. The largest absolute Gasteiger partial charge is 0.416 e. The minimum Gasteiger partial charge on any atom is -0.382 e. The molecule has 1 atom stereocenters. The number of aliphatic hydroxyl groups excluding tert-OH is 1. The zero-order chi connectivity index (χ0) is 12.2. The summed E-state index contributed by atoms with van der Waals surface area (Å²) in [7, 11) is 0. The number of para-hydroxylation sites is 1. The van der Waals surface area contributed by atoms with E-state index in [1.165, 1.54) is 11.8 Å². The zero-order valence-corrected chi connectivity index (χ0v) is 9.40. The van der Waals surface area contributed by atoms with E-state index in [4.69, 9.17) is 5.11 Å². The summed E-state index contributed by atoms with van der Waals surface area (Å²) in [6, 6.07) is 7.00. The number of halogens is 3. The second-order valence-corrected chi connectivity index (χ2v) is 3.99. The number of hydrogen-bond acceptors (Lipinski definition) is 3. The highest BCUT2D eigenvalue weighted by atomic mass is 32.2. The number of hydrogen-bond donors (Lipinski definition) is 2. The minimum absolute atomic E-state index is 0.541. The van der Waals surface area contributed by atoms with Crippen LogP contribution in [0.25, 0.3) is 0 Å². The van der Waals surface area contributed by atoms with E-state index in [-0.39, 0.29) is 0 Å². The summed E-state index contributed by atoms with van der Waals surface area (Å²) in [4.78, 5) is 0.844. The first-order chi connectivity index (χ1) is 7.45. The molecule has 2 N–H and O–H groups in total. The zero-order valence-electron chi connectivity index (χ0n) is 8.58. The van der Waals surface area contributed by atoms with Gasteiger partial charge >= 0.3 is 6.18 Å². The molecular formula is C10H12F3NOS. The molecule has 2 nitrogen and oxygen atoms in total. The first kappa shape index (κ1) is 13.2. The summed E-state index contributed by atoms with van der Waals surface area (Å²) in [5.74, 6) is 0. The van der Waals surface area contributed by atoms with Crippen molar-refractivity contribution in [2.45, 2.75) is 17.2 Å². The van der Waals surface area contributed by atoms with Crippen LogP contribution in [-0.4, -0.2) is 30.2 Å². The van der Waals surface area contributed by atoms with Crippen molar-refractivity contribution >= 4 is 17.4 Å². The SMILES string of the molecule is CSc1ccccc1NCC(O)C(F)(F)F. The van der Waals surface area contributed by atoms with Crippen LogP contribution in [0.1, 0.15) is 0 Å². The fourth-order valence-electron chi connectivity index (χ4n) is 1.11. The Morgan fingerprint density at radius 2 is 2.00 bits per heavy atom. The van der Waals surface area contributed by atoms with Gasteiger partial charge in [-0.05, 0) is 18.4 Å². The Bertz CT molecular complexity index is 343. The van der Waals surface area contributed by atoms with E-state index >= 15 is 0 Å². The lowest BCUT2D eigenvalue weighted by atomic mass is 10.3. The summed E-state index contributed by atoms with van der Waals surface area (Å²) in [5.41, 5.74) is 0.596. The van der Waals surface area contributed by atoms with Gasteiger partial charge in [0.1, 0.15) is 0 Å². The van der Waals surface area contributed by atoms with Crippen LogP contribution in [-0.2, 0) is 0 Å². The molecule has 0 heterocycles. The Kier molecular flexibility index (Phi) is 4.49. The fraction of sp³-hybridized carbons (Fsp3) is 0.400. The van der Waals surface area contributed by atoms with E-state index in [1.54, 1.807) is 24.3 Å². The molecule has 0 saturated carbocycles. The average molecular weight is 251 g/mol. The molecule has 6 heteroatoms. The maximum atomic E-state index is 12.0. The number of rotatable bonds is 4. The van der Waals surface area contributed by atoms with Crippen LogP contribution in [0.5, 0.6) is 0 Å². The molecule has 1 rings (SSSR count). The Balaban J connectivity index is 2.61. The van der Waals surface area contributed by atoms with Gasteiger partial charge in [-0.2, -0.15) is 13.2 Å². The number of thioether (sulfide) groups is 1. The van der Waals surface area contributed by atoms with Crippen LogP contribution in [0.2, 0.25) is 0 Å². The molecule has 1 unspecified atom stereocenters. The molecule has 0 aromatic heterocycles. The van der Waals surface area contributed by atoms with Gasteiger partial charge in [0, 0.05) is 17.1 Å².